The molecule has 0 aliphatic heterocycles. The molecule has 0 spiro atoms. The normalized spacial score (nSPS) is 10.9. The van der Waals surface area contributed by atoms with E-state index < -0.39 is 16.0 Å². The van der Waals surface area contributed by atoms with Gasteiger partial charge >= 0.3 is 5.97 Å². The van der Waals surface area contributed by atoms with Gasteiger partial charge in [0.05, 0.1) is 24.6 Å². The smallest absolute Gasteiger partial charge is 0.337 e. The lowest BCUT2D eigenvalue weighted by Gasteiger charge is -2.27. The number of amides is 1. The van der Waals surface area contributed by atoms with Gasteiger partial charge in [-0.15, -0.1) is 0 Å². The van der Waals surface area contributed by atoms with Crippen molar-refractivity contribution in [3.8, 4) is 0 Å². The molecule has 2 aromatic rings. The summed E-state index contributed by atoms with van der Waals surface area (Å²) >= 11 is 0. The maximum Gasteiger partial charge on any atom is 0.337 e. The minimum atomic E-state index is -3.75. The number of rotatable bonds is 7. The van der Waals surface area contributed by atoms with E-state index in [4.69, 9.17) is 0 Å². The molecule has 0 fully saturated rings. The molecule has 0 atom stereocenters. The highest BCUT2D eigenvalue weighted by Crippen LogP contribution is 2.21. The highest BCUT2D eigenvalue weighted by molar-refractivity contribution is 7.92. The number of hydrogen-bond donors (Lipinski definition) is 0. The van der Waals surface area contributed by atoms with Crippen molar-refractivity contribution < 1.29 is 22.7 Å². The van der Waals surface area contributed by atoms with E-state index >= 15 is 0 Å². The maximum absolute atomic E-state index is 12.8. The Balaban J connectivity index is 2.35. The van der Waals surface area contributed by atoms with Gasteiger partial charge in [-0.05, 0) is 37.3 Å². The molecule has 2 rings (SSSR count). The second kappa shape index (κ2) is 8.68. The number of methoxy groups -OCH3 is 1. The van der Waals surface area contributed by atoms with Crippen molar-refractivity contribution in [2.75, 3.05) is 35.7 Å². The largest absolute Gasteiger partial charge is 0.465 e. The number of ether oxygens (including phenoxy) is 1. The van der Waals surface area contributed by atoms with Crippen LogP contribution in [0.1, 0.15) is 17.3 Å². The molecule has 0 N–H and O–H groups in total. The zero-order chi connectivity index (χ0) is 20.0. The fourth-order valence-corrected chi connectivity index (χ4v) is 3.47. The summed E-state index contributed by atoms with van der Waals surface area (Å²) in [5.74, 6) is -0.964. The lowest BCUT2D eigenvalue weighted by molar-refractivity contribution is -0.117. The van der Waals surface area contributed by atoms with Crippen molar-refractivity contribution in [3.05, 3.63) is 60.2 Å². The zero-order valence-corrected chi connectivity index (χ0v) is 16.3. The van der Waals surface area contributed by atoms with Gasteiger partial charge in [-0.2, -0.15) is 0 Å². The second-order valence-electron chi connectivity index (χ2n) is 5.79. The zero-order valence-electron chi connectivity index (χ0n) is 15.5. The first-order valence-corrected chi connectivity index (χ1v) is 10.1. The Bertz CT molecular complexity index is 913. The van der Waals surface area contributed by atoms with Gasteiger partial charge in [0.25, 0.3) is 0 Å². The van der Waals surface area contributed by atoms with Crippen LogP contribution in [0.5, 0.6) is 0 Å². The predicted molar refractivity (Wildman–Crippen MR) is 104 cm³/mol. The van der Waals surface area contributed by atoms with Crippen LogP contribution in [-0.4, -0.2) is 46.7 Å². The van der Waals surface area contributed by atoms with Gasteiger partial charge in [0.2, 0.25) is 15.9 Å². The van der Waals surface area contributed by atoms with Crippen molar-refractivity contribution >= 4 is 33.3 Å². The summed E-state index contributed by atoms with van der Waals surface area (Å²) in [5, 5.41) is 0. The molecule has 0 aliphatic carbocycles. The van der Waals surface area contributed by atoms with E-state index in [1.807, 2.05) is 13.0 Å². The van der Waals surface area contributed by atoms with Crippen LogP contribution in [-0.2, 0) is 19.6 Å². The number of likely N-dealkylation sites (N-methyl/N-ethyl adjacent to an activating group) is 1. The van der Waals surface area contributed by atoms with Crippen LogP contribution in [0.15, 0.2) is 54.6 Å². The van der Waals surface area contributed by atoms with Crippen molar-refractivity contribution in [3.63, 3.8) is 0 Å². The molecule has 8 heteroatoms. The Morgan fingerprint density at radius 1 is 1.00 bits per heavy atom. The van der Waals surface area contributed by atoms with Gasteiger partial charge in [-0.1, -0.05) is 24.3 Å². The monoisotopic (exact) mass is 390 g/mol. The number of nitrogens with zero attached hydrogens (tertiary/aromatic N) is 2. The summed E-state index contributed by atoms with van der Waals surface area (Å²) in [6.07, 6.45) is 1.02. The maximum atomic E-state index is 12.8. The van der Waals surface area contributed by atoms with Gasteiger partial charge in [-0.25, -0.2) is 13.2 Å². The highest BCUT2D eigenvalue weighted by Gasteiger charge is 2.25. The average molecular weight is 390 g/mol. The van der Waals surface area contributed by atoms with Crippen LogP contribution >= 0.6 is 0 Å². The Morgan fingerprint density at radius 2 is 1.63 bits per heavy atom. The van der Waals surface area contributed by atoms with Crippen molar-refractivity contribution in [2.45, 2.75) is 6.92 Å². The first-order valence-electron chi connectivity index (χ1n) is 8.29. The number of benzene rings is 2. The highest BCUT2D eigenvalue weighted by atomic mass is 32.2. The first-order chi connectivity index (χ1) is 12.8. The van der Waals surface area contributed by atoms with Crippen molar-refractivity contribution in [1.29, 1.82) is 0 Å². The molecule has 7 nitrogen and oxygen atoms in total. The van der Waals surface area contributed by atoms with Gasteiger partial charge < -0.3 is 9.64 Å². The minimum absolute atomic E-state index is 0.200. The molecule has 0 saturated heterocycles. The Kier molecular flexibility index (Phi) is 6.57. The number of esters is 1. The topological polar surface area (TPSA) is 84.0 Å². The molecule has 1 amide bonds. The minimum Gasteiger partial charge on any atom is -0.465 e. The molecular weight excluding hydrogens is 368 g/mol. The third kappa shape index (κ3) is 5.07. The molecule has 0 aliphatic rings. The molecule has 27 heavy (non-hydrogen) atoms. The number of para-hydroxylation sites is 1. The van der Waals surface area contributed by atoms with E-state index in [1.54, 1.807) is 30.3 Å². The summed E-state index contributed by atoms with van der Waals surface area (Å²) in [6, 6.07) is 15.0. The van der Waals surface area contributed by atoms with Crippen LogP contribution in [0.4, 0.5) is 11.4 Å². The predicted octanol–water partition coefficient (Wildman–Crippen LogP) is 2.29. The van der Waals surface area contributed by atoms with Crippen LogP contribution in [0.3, 0.4) is 0 Å². The van der Waals surface area contributed by atoms with Crippen molar-refractivity contribution in [1.82, 2.24) is 0 Å². The molecule has 0 unspecified atom stereocenters. The summed E-state index contributed by atoms with van der Waals surface area (Å²) in [5.41, 5.74) is 1.10. The van der Waals surface area contributed by atoms with E-state index in [0.717, 1.165) is 10.6 Å². The molecule has 0 aromatic heterocycles. The van der Waals surface area contributed by atoms with Gasteiger partial charge in [0.1, 0.15) is 6.54 Å². The molecular formula is C19H22N2O5S. The van der Waals surface area contributed by atoms with Crippen LogP contribution < -0.4 is 9.21 Å². The van der Waals surface area contributed by atoms with E-state index in [2.05, 4.69) is 4.74 Å². The van der Waals surface area contributed by atoms with E-state index in [-0.39, 0.29) is 23.7 Å². The average Bonchev–Trinajstić information content (AvgIpc) is 2.66. The lowest BCUT2D eigenvalue weighted by atomic mass is 10.2. The first kappa shape index (κ1) is 20.4. The summed E-state index contributed by atoms with van der Waals surface area (Å²) in [6.45, 7) is 1.82. The van der Waals surface area contributed by atoms with Crippen LogP contribution in [0, 0.1) is 0 Å². The van der Waals surface area contributed by atoms with Gasteiger partial charge in [0.15, 0.2) is 0 Å². The third-order valence-electron chi connectivity index (χ3n) is 3.92. The number of anilines is 2. The molecule has 2 aromatic carbocycles. The van der Waals surface area contributed by atoms with Gasteiger partial charge in [-0.3, -0.25) is 9.10 Å². The van der Waals surface area contributed by atoms with Crippen molar-refractivity contribution in [2.24, 2.45) is 0 Å². The Morgan fingerprint density at radius 3 is 2.19 bits per heavy atom. The number of sulfonamides is 1. The lowest BCUT2D eigenvalue weighted by Crippen LogP contribution is -2.43. The molecule has 0 bridgehead atoms. The fourth-order valence-electron chi connectivity index (χ4n) is 2.62. The molecule has 144 valence electrons. The SMILES string of the molecule is CCN(C(=O)CN(c1cccc(C(=O)OC)c1)S(C)(=O)=O)c1ccccc1. The number of hydrogen-bond acceptors (Lipinski definition) is 5. The molecule has 0 heterocycles. The van der Waals surface area contributed by atoms with E-state index in [0.29, 0.717) is 12.2 Å². The second-order valence-corrected chi connectivity index (χ2v) is 7.69. The van der Waals surface area contributed by atoms with Crippen LogP contribution in [0.25, 0.3) is 0 Å². The van der Waals surface area contributed by atoms with Crippen LogP contribution in [0.2, 0.25) is 0 Å². The fraction of sp³-hybridized carbons (Fsp3) is 0.263. The summed E-state index contributed by atoms with van der Waals surface area (Å²) in [4.78, 5) is 26.0. The Hall–Kier alpha value is -2.87. The molecule has 0 radical (unpaired) electrons. The van der Waals surface area contributed by atoms with E-state index in [1.165, 1.54) is 30.2 Å². The van der Waals surface area contributed by atoms with E-state index in [9.17, 15) is 18.0 Å². The number of carbonyl (C=O) groups is 2. The number of carbonyl (C=O) groups excluding carboxylic acids is 2. The quantitative estimate of drug-likeness (QED) is 0.678. The third-order valence-corrected chi connectivity index (χ3v) is 5.06. The Labute approximate surface area is 159 Å². The summed E-state index contributed by atoms with van der Waals surface area (Å²) in [7, 11) is -2.51. The summed E-state index contributed by atoms with van der Waals surface area (Å²) < 4.78 is 30.3. The van der Waals surface area contributed by atoms with Gasteiger partial charge in [0, 0.05) is 12.2 Å². The standard InChI is InChI=1S/C19H22N2O5S/c1-4-20(16-10-6-5-7-11-16)18(22)14-21(27(3,24)25)17-12-8-9-15(13-17)19(23)26-2/h5-13H,4,14H2,1-3H3. The molecule has 0 saturated carbocycles.